The zero-order valence-electron chi connectivity index (χ0n) is 10.5. The molecule has 0 aromatic heterocycles. The molecule has 0 aliphatic heterocycles. The van der Waals surface area contributed by atoms with Gasteiger partial charge in [-0.25, -0.2) is 0 Å². The van der Waals surface area contributed by atoms with Crippen molar-refractivity contribution in [3.63, 3.8) is 0 Å². The molecule has 0 nitrogen and oxygen atoms in total. The second kappa shape index (κ2) is 4.52. The van der Waals surface area contributed by atoms with Gasteiger partial charge >= 0.3 is 0 Å². The van der Waals surface area contributed by atoms with Crippen molar-refractivity contribution in [3.05, 3.63) is 34.9 Å². The molecule has 1 aliphatic rings. The lowest BCUT2D eigenvalue weighted by Gasteiger charge is -2.33. The van der Waals surface area contributed by atoms with Crippen molar-refractivity contribution in [2.75, 3.05) is 5.33 Å². The van der Waals surface area contributed by atoms with E-state index in [1.165, 1.54) is 24.8 Å². The first-order valence-electron chi connectivity index (χ1n) is 6.24. The summed E-state index contributed by atoms with van der Waals surface area (Å²) in [4.78, 5) is 0. The van der Waals surface area contributed by atoms with E-state index in [2.05, 4.69) is 54.9 Å². The standard InChI is InChI=1S/C15H21Br/c1-11(10-16)12-6-7-14-13(9-12)5-4-8-15(14,2)3/h6-7,9,11H,4-5,8,10H2,1-3H3. The molecule has 1 heteroatoms. The highest BCUT2D eigenvalue weighted by atomic mass is 79.9. The van der Waals surface area contributed by atoms with Crippen LogP contribution in [0.2, 0.25) is 0 Å². The summed E-state index contributed by atoms with van der Waals surface area (Å²) in [5.74, 6) is 0.621. The first-order chi connectivity index (χ1) is 7.54. The molecular weight excluding hydrogens is 260 g/mol. The molecule has 0 saturated carbocycles. The lowest BCUT2D eigenvalue weighted by atomic mass is 9.72. The summed E-state index contributed by atoms with van der Waals surface area (Å²) in [6.45, 7) is 7.03. The van der Waals surface area contributed by atoms with Crippen molar-refractivity contribution in [1.82, 2.24) is 0 Å². The Labute approximate surface area is 108 Å². The molecule has 1 atom stereocenters. The van der Waals surface area contributed by atoms with Crippen LogP contribution in [0.25, 0.3) is 0 Å². The zero-order chi connectivity index (χ0) is 11.8. The first-order valence-corrected chi connectivity index (χ1v) is 7.36. The van der Waals surface area contributed by atoms with E-state index in [-0.39, 0.29) is 0 Å². The summed E-state index contributed by atoms with van der Waals surface area (Å²) in [7, 11) is 0. The quantitative estimate of drug-likeness (QED) is 0.683. The Bertz CT molecular complexity index is 379. The molecule has 0 N–H and O–H groups in total. The highest BCUT2D eigenvalue weighted by Crippen LogP contribution is 2.37. The number of rotatable bonds is 2. The SMILES string of the molecule is CC(CBr)c1ccc2c(c1)CCCC2(C)C. The topological polar surface area (TPSA) is 0 Å². The molecule has 1 unspecified atom stereocenters. The maximum atomic E-state index is 3.57. The van der Waals surface area contributed by atoms with Crippen molar-refractivity contribution in [1.29, 1.82) is 0 Å². The largest absolute Gasteiger partial charge is 0.0922 e. The summed E-state index contributed by atoms with van der Waals surface area (Å²) in [6, 6.07) is 7.11. The summed E-state index contributed by atoms with van der Waals surface area (Å²) in [5, 5.41) is 1.05. The van der Waals surface area contributed by atoms with Crippen LogP contribution in [0.4, 0.5) is 0 Å². The predicted octanol–water partition coefficient (Wildman–Crippen LogP) is 4.80. The van der Waals surface area contributed by atoms with E-state index < -0.39 is 0 Å². The summed E-state index contributed by atoms with van der Waals surface area (Å²) in [6.07, 6.45) is 3.93. The van der Waals surface area contributed by atoms with E-state index in [9.17, 15) is 0 Å². The maximum absolute atomic E-state index is 3.57. The normalized spacial score (nSPS) is 20.2. The number of aryl methyl sites for hydroxylation is 1. The Kier molecular flexibility index (Phi) is 3.44. The lowest BCUT2D eigenvalue weighted by Crippen LogP contribution is -2.23. The smallest absolute Gasteiger partial charge is 0.00975 e. The van der Waals surface area contributed by atoms with Crippen molar-refractivity contribution < 1.29 is 0 Å². The minimum atomic E-state index is 0.379. The monoisotopic (exact) mass is 280 g/mol. The van der Waals surface area contributed by atoms with Crippen LogP contribution in [0.15, 0.2) is 18.2 Å². The minimum Gasteiger partial charge on any atom is -0.0922 e. The summed E-state index contributed by atoms with van der Waals surface area (Å²) in [5.41, 5.74) is 5.02. The Morgan fingerprint density at radius 2 is 2.12 bits per heavy atom. The molecule has 0 radical (unpaired) electrons. The molecule has 88 valence electrons. The average Bonchev–Trinajstić information content (AvgIpc) is 2.27. The number of fused-ring (bicyclic) bond motifs is 1. The van der Waals surface area contributed by atoms with Crippen LogP contribution in [0, 0.1) is 0 Å². The molecule has 0 amide bonds. The van der Waals surface area contributed by atoms with Crippen LogP contribution in [-0.4, -0.2) is 5.33 Å². The number of halogens is 1. The third-order valence-corrected chi connectivity index (χ3v) is 4.88. The number of alkyl halides is 1. The lowest BCUT2D eigenvalue weighted by molar-refractivity contribution is 0.431. The molecule has 16 heavy (non-hydrogen) atoms. The third-order valence-electron chi connectivity index (χ3n) is 3.91. The van der Waals surface area contributed by atoms with Gasteiger partial charge in [0.25, 0.3) is 0 Å². The summed E-state index contributed by atoms with van der Waals surface area (Å²) >= 11 is 3.57. The Morgan fingerprint density at radius 1 is 1.38 bits per heavy atom. The fraction of sp³-hybridized carbons (Fsp3) is 0.600. The highest BCUT2D eigenvalue weighted by Gasteiger charge is 2.27. The van der Waals surface area contributed by atoms with Gasteiger partial charge in [0.2, 0.25) is 0 Å². The van der Waals surface area contributed by atoms with Gasteiger partial charge in [0.05, 0.1) is 0 Å². The molecule has 0 heterocycles. The Balaban J connectivity index is 2.39. The number of hydrogen-bond donors (Lipinski definition) is 0. The van der Waals surface area contributed by atoms with E-state index in [1.807, 2.05) is 0 Å². The van der Waals surface area contributed by atoms with Gasteiger partial charge < -0.3 is 0 Å². The van der Waals surface area contributed by atoms with Crippen LogP contribution in [0.1, 0.15) is 56.2 Å². The molecular formula is C15H21Br. The third kappa shape index (κ3) is 2.20. The van der Waals surface area contributed by atoms with Crippen molar-refractivity contribution in [2.45, 2.75) is 51.4 Å². The first kappa shape index (κ1) is 12.2. The van der Waals surface area contributed by atoms with E-state index >= 15 is 0 Å². The van der Waals surface area contributed by atoms with Crippen LogP contribution in [-0.2, 0) is 11.8 Å². The molecule has 1 aliphatic carbocycles. The number of benzene rings is 1. The fourth-order valence-electron chi connectivity index (χ4n) is 2.73. The van der Waals surface area contributed by atoms with Gasteiger partial charge in [-0.05, 0) is 47.3 Å². The molecule has 0 fully saturated rings. The number of hydrogen-bond acceptors (Lipinski definition) is 0. The highest BCUT2D eigenvalue weighted by molar-refractivity contribution is 9.09. The molecule has 0 spiro atoms. The van der Waals surface area contributed by atoms with Crippen LogP contribution < -0.4 is 0 Å². The van der Waals surface area contributed by atoms with Gasteiger partial charge in [-0.2, -0.15) is 0 Å². The zero-order valence-corrected chi connectivity index (χ0v) is 12.1. The Morgan fingerprint density at radius 3 is 2.81 bits per heavy atom. The molecule has 0 saturated heterocycles. The van der Waals surface area contributed by atoms with Gasteiger partial charge in [-0.15, -0.1) is 0 Å². The van der Waals surface area contributed by atoms with Crippen LogP contribution >= 0.6 is 15.9 Å². The van der Waals surface area contributed by atoms with E-state index in [0.29, 0.717) is 11.3 Å². The van der Waals surface area contributed by atoms with E-state index in [1.54, 1.807) is 11.1 Å². The molecule has 1 aromatic rings. The molecule has 2 rings (SSSR count). The average molecular weight is 281 g/mol. The molecule has 0 bridgehead atoms. The van der Waals surface area contributed by atoms with Gasteiger partial charge in [-0.1, -0.05) is 54.9 Å². The Hall–Kier alpha value is -0.300. The van der Waals surface area contributed by atoms with Crippen molar-refractivity contribution in [2.24, 2.45) is 0 Å². The van der Waals surface area contributed by atoms with Crippen molar-refractivity contribution >= 4 is 15.9 Å². The minimum absolute atomic E-state index is 0.379. The second-order valence-electron chi connectivity index (χ2n) is 5.71. The molecule has 1 aromatic carbocycles. The van der Waals surface area contributed by atoms with Crippen molar-refractivity contribution in [3.8, 4) is 0 Å². The van der Waals surface area contributed by atoms with Gasteiger partial charge in [-0.3, -0.25) is 0 Å². The van der Waals surface area contributed by atoms with Gasteiger partial charge in [0.15, 0.2) is 0 Å². The second-order valence-corrected chi connectivity index (χ2v) is 6.36. The van der Waals surface area contributed by atoms with Crippen LogP contribution in [0.5, 0.6) is 0 Å². The summed E-state index contributed by atoms with van der Waals surface area (Å²) < 4.78 is 0. The predicted molar refractivity (Wildman–Crippen MR) is 74.6 cm³/mol. The van der Waals surface area contributed by atoms with Gasteiger partial charge in [0.1, 0.15) is 0 Å². The van der Waals surface area contributed by atoms with E-state index in [4.69, 9.17) is 0 Å². The maximum Gasteiger partial charge on any atom is 0.00975 e. The van der Waals surface area contributed by atoms with E-state index in [0.717, 1.165) is 5.33 Å². The van der Waals surface area contributed by atoms with Crippen LogP contribution in [0.3, 0.4) is 0 Å². The fourth-order valence-corrected chi connectivity index (χ4v) is 3.11. The van der Waals surface area contributed by atoms with Gasteiger partial charge in [0, 0.05) is 5.33 Å².